The minimum absolute atomic E-state index is 0.0000406. The van der Waals surface area contributed by atoms with Crippen LogP contribution >= 0.6 is 0 Å². The summed E-state index contributed by atoms with van der Waals surface area (Å²) in [5, 5.41) is 3.49. The van der Waals surface area contributed by atoms with Crippen LogP contribution in [0.2, 0.25) is 0 Å². The van der Waals surface area contributed by atoms with Gasteiger partial charge in [0.25, 0.3) is 0 Å². The Labute approximate surface area is 115 Å². The summed E-state index contributed by atoms with van der Waals surface area (Å²) >= 11 is 0. The molecule has 0 aromatic rings. The SMILES string of the molecule is CCC1(C)NC(C(C)C)N(CC2COCCO2)C1=O. The van der Waals surface area contributed by atoms with Crippen molar-refractivity contribution in [2.75, 3.05) is 26.4 Å². The van der Waals surface area contributed by atoms with E-state index in [1.807, 2.05) is 18.7 Å². The van der Waals surface area contributed by atoms with Crippen LogP contribution in [0.4, 0.5) is 0 Å². The van der Waals surface area contributed by atoms with Gasteiger partial charge in [-0.05, 0) is 19.3 Å². The Morgan fingerprint density at radius 2 is 2.21 bits per heavy atom. The molecule has 2 rings (SSSR count). The lowest BCUT2D eigenvalue weighted by Crippen LogP contribution is -2.47. The van der Waals surface area contributed by atoms with Crippen molar-refractivity contribution in [1.82, 2.24) is 10.2 Å². The van der Waals surface area contributed by atoms with E-state index >= 15 is 0 Å². The molecule has 0 aromatic heterocycles. The maximum Gasteiger partial charge on any atom is 0.243 e. The van der Waals surface area contributed by atoms with Crippen molar-refractivity contribution >= 4 is 5.91 Å². The van der Waals surface area contributed by atoms with E-state index in [-0.39, 0.29) is 18.2 Å². The van der Waals surface area contributed by atoms with Gasteiger partial charge in [-0.3, -0.25) is 10.1 Å². The minimum atomic E-state index is -0.440. The molecule has 3 unspecified atom stereocenters. The standard InChI is InChI=1S/C14H26N2O3/c1-5-14(4)13(17)16(12(15-14)10(2)3)8-11-9-18-6-7-19-11/h10-12,15H,5-9H2,1-4H3. The molecule has 3 atom stereocenters. The maximum atomic E-state index is 12.6. The molecule has 19 heavy (non-hydrogen) atoms. The van der Waals surface area contributed by atoms with E-state index in [0.717, 1.165) is 6.42 Å². The fourth-order valence-corrected chi connectivity index (χ4v) is 2.75. The average Bonchev–Trinajstić information content (AvgIpc) is 2.66. The Morgan fingerprint density at radius 3 is 2.74 bits per heavy atom. The van der Waals surface area contributed by atoms with E-state index in [1.54, 1.807) is 0 Å². The highest BCUT2D eigenvalue weighted by atomic mass is 16.6. The quantitative estimate of drug-likeness (QED) is 0.827. The summed E-state index contributed by atoms with van der Waals surface area (Å²) in [6, 6.07) is 0. The Bertz CT molecular complexity index is 329. The van der Waals surface area contributed by atoms with E-state index in [9.17, 15) is 4.79 Å². The molecule has 2 saturated heterocycles. The molecule has 0 radical (unpaired) electrons. The molecule has 0 spiro atoms. The van der Waals surface area contributed by atoms with Crippen molar-refractivity contribution in [3.05, 3.63) is 0 Å². The number of amides is 1. The summed E-state index contributed by atoms with van der Waals surface area (Å²) in [6.45, 7) is 10.8. The third kappa shape index (κ3) is 2.93. The van der Waals surface area contributed by atoms with Gasteiger partial charge < -0.3 is 14.4 Å². The highest BCUT2D eigenvalue weighted by molar-refractivity contribution is 5.88. The van der Waals surface area contributed by atoms with Crippen LogP contribution < -0.4 is 5.32 Å². The molecule has 1 amide bonds. The average molecular weight is 270 g/mol. The van der Waals surface area contributed by atoms with Crippen LogP contribution in [0.1, 0.15) is 34.1 Å². The van der Waals surface area contributed by atoms with Gasteiger partial charge in [0.05, 0.1) is 44.2 Å². The molecular formula is C14H26N2O3. The Morgan fingerprint density at radius 1 is 1.47 bits per heavy atom. The van der Waals surface area contributed by atoms with Gasteiger partial charge in [0, 0.05) is 0 Å². The summed E-state index contributed by atoms with van der Waals surface area (Å²) in [6.07, 6.45) is 0.885. The van der Waals surface area contributed by atoms with E-state index in [1.165, 1.54) is 0 Å². The van der Waals surface area contributed by atoms with Gasteiger partial charge in [-0.1, -0.05) is 20.8 Å². The van der Waals surface area contributed by atoms with Crippen LogP contribution in [0.3, 0.4) is 0 Å². The Kier molecular flexibility index (Phi) is 4.48. The second-order valence-electron chi connectivity index (χ2n) is 6.04. The van der Waals surface area contributed by atoms with Gasteiger partial charge in [0.1, 0.15) is 0 Å². The fourth-order valence-electron chi connectivity index (χ4n) is 2.75. The van der Waals surface area contributed by atoms with Gasteiger partial charge in [-0.15, -0.1) is 0 Å². The molecule has 1 N–H and O–H groups in total. The number of hydrogen-bond donors (Lipinski definition) is 1. The van der Waals surface area contributed by atoms with Crippen molar-refractivity contribution in [3.63, 3.8) is 0 Å². The van der Waals surface area contributed by atoms with E-state index < -0.39 is 5.54 Å². The lowest BCUT2D eigenvalue weighted by atomic mass is 9.99. The highest BCUT2D eigenvalue weighted by Crippen LogP contribution is 2.27. The van der Waals surface area contributed by atoms with Crippen molar-refractivity contribution in [2.24, 2.45) is 5.92 Å². The van der Waals surface area contributed by atoms with Gasteiger partial charge in [0.15, 0.2) is 0 Å². The van der Waals surface area contributed by atoms with Gasteiger partial charge in [-0.25, -0.2) is 0 Å². The molecule has 2 aliphatic heterocycles. The van der Waals surface area contributed by atoms with Crippen LogP contribution in [0.15, 0.2) is 0 Å². The number of ether oxygens (including phenoxy) is 2. The molecule has 0 bridgehead atoms. The minimum Gasteiger partial charge on any atom is -0.376 e. The molecule has 2 heterocycles. The van der Waals surface area contributed by atoms with Crippen LogP contribution in [-0.2, 0) is 14.3 Å². The predicted octanol–water partition coefficient (Wildman–Crippen LogP) is 0.984. The number of nitrogens with one attached hydrogen (secondary N) is 1. The van der Waals surface area contributed by atoms with Crippen molar-refractivity contribution < 1.29 is 14.3 Å². The lowest BCUT2D eigenvalue weighted by molar-refractivity contribution is -0.140. The summed E-state index contributed by atoms with van der Waals surface area (Å²) in [5.41, 5.74) is -0.440. The second kappa shape index (κ2) is 5.77. The predicted molar refractivity (Wildman–Crippen MR) is 72.7 cm³/mol. The van der Waals surface area contributed by atoms with Crippen LogP contribution in [0, 0.1) is 5.92 Å². The third-order valence-electron chi connectivity index (χ3n) is 4.16. The van der Waals surface area contributed by atoms with Gasteiger partial charge >= 0.3 is 0 Å². The molecule has 5 nitrogen and oxygen atoms in total. The normalized spacial score (nSPS) is 36.3. The first kappa shape index (κ1) is 14.8. The van der Waals surface area contributed by atoms with E-state index in [0.29, 0.717) is 32.3 Å². The second-order valence-corrected chi connectivity index (χ2v) is 6.04. The zero-order chi connectivity index (χ0) is 14.0. The number of nitrogens with zero attached hydrogens (tertiary/aromatic N) is 1. The zero-order valence-corrected chi connectivity index (χ0v) is 12.4. The molecule has 2 fully saturated rings. The molecule has 2 aliphatic rings. The molecule has 0 aliphatic carbocycles. The maximum absolute atomic E-state index is 12.6. The molecule has 5 heteroatoms. The molecule has 0 aromatic carbocycles. The van der Waals surface area contributed by atoms with Crippen molar-refractivity contribution in [3.8, 4) is 0 Å². The Hall–Kier alpha value is -0.650. The molecular weight excluding hydrogens is 244 g/mol. The van der Waals surface area contributed by atoms with E-state index in [4.69, 9.17) is 9.47 Å². The summed E-state index contributed by atoms with van der Waals surface area (Å²) in [7, 11) is 0. The first-order chi connectivity index (χ1) is 8.98. The highest BCUT2D eigenvalue weighted by Gasteiger charge is 2.48. The summed E-state index contributed by atoms with van der Waals surface area (Å²) in [5.74, 6) is 0.560. The first-order valence-electron chi connectivity index (χ1n) is 7.26. The van der Waals surface area contributed by atoms with Gasteiger partial charge in [-0.2, -0.15) is 0 Å². The van der Waals surface area contributed by atoms with Gasteiger partial charge in [0.2, 0.25) is 5.91 Å². The van der Waals surface area contributed by atoms with Crippen LogP contribution in [0.5, 0.6) is 0 Å². The van der Waals surface area contributed by atoms with Crippen molar-refractivity contribution in [2.45, 2.75) is 51.9 Å². The van der Waals surface area contributed by atoms with Crippen molar-refractivity contribution in [1.29, 1.82) is 0 Å². The lowest BCUT2D eigenvalue weighted by Gasteiger charge is -2.32. The molecule has 0 saturated carbocycles. The number of carbonyl (C=O) groups is 1. The smallest absolute Gasteiger partial charge is 0.243 e. The fraction of sp³-hybridized carbons (Fsp3) is 0.929. The third-order valence-corrected chi connectivity index (χ3v) is 4.16. The summed E-state index contributed by atoms with van der Waals surface area (Å²) in [4.78, 5) is 14.6. The van der Waals surface area contributed by atoms with Crippen LogP contribution in [0.25, 0.3) is 0 Å². The summed E-state index contributed by atoms with van der Waals surface area (Å²) < 4.78 is 11.1. The zero-order valence-electron chi connectivity index (χ0n) is 12.4. The number of carbonyl (C=O) groups excluding carboxylic acids is 1. The topological polar surface area (TPSA) is 50.8 Å². The van der Waals surface area contributed by atoms with E-state index in [2.05, 4.69) is 19.2 Å². The largest absolute Gasteiger partial charge is 0.376 e. The molecule has 110 valence electrons. The van der Waals surface area contributed by atoms with Crippen LogP contribution in [-0.4, -0.2) is 55.0 Å². The number of hydrogen-bond acceptors (Lipinski definition) is 4. The first-order valence-corrected chi connectivity index (χ1v) is 7.26. The Balaban J connectivity index is 2.08. The number of rotatable bonds is 4. The monoisotopic (exact) mass is 270 g/mol.